The van der Waals surface area contributed by atoms with Crippen molar-refractivity contribution in [2.75, 3.05) is 13.7 Å². The number of carbonyl (C=O) groups excluding carboxylic acids is 1. The van der Waals surface area contributed by atoms with E-state index in [-0.39, 0.29) is 28.2 Å². The summed E-state index contributed by atoms with van der Waals surface area (Å²) in [7, 11) is -2.31. The van der Waals surface area contributed by atoms with Crippen molar-refractivity contribution >= 4 is 15.9 Å². The Morgan fingerprint density at radius 3 is 2.52 bits per heavy atom. The van der Waals surface area contributed by atoms with E-state index in [1.807, 2.05) is 20.8 Å². The molecule has 0 bridgehead atoms. The van der Waals surface area contributed by atoms with E-state index in [1.165, 1.54) is 25.3 Å². The van der Waals surface area contributed by atoms with Gasteiger partial charge in [0.05, 0.1) is 7.11 Å². The van der Waals surface area contributed by atoms with Gasteiger partial charge in [-0.15, -0.1) is 0 Å². The summed E-state index contributed by atoms with van der Waals surface area (Å²) in [6.07, 6.45) is 0.676. The van der Waals surface area contributed by atoms with Gasteiger partial charge in [-0.2, -0.15) is 0 Å². The van der Waals surface area contributed by atoms with Crippen molar-refractivity contribution in [3.05, 3.63) is 23.8 Å². The number of carbonyl (C=O) groups is 1. The third kappa shape index (κ3) is 4.71. The predicted octanol–water partition coefficient (Wildman–Crippen LogP) is 1.52. The second kappa shape index (κ2) is 7.42. The van der Waals surface area contributed by atoms with Crippen LogP contribution >= 0.6 is 0 Å². The van der Waals surface area contributed by atoms with Crippen molar-refractivity contribution in [2.45, 2.75) is 38.1 Å². The summed E-state index contributed by atoms with van der Waals surface area (Å²) in [5.41, 5.74) is 0.279. The molecule has 118 valence electrons. The lowest BCUT2D eigenvalue weighted by Gasteiger charge is -2.13. The van der Waals surface area contributed by atoms with Gasteiger partial charge in [-0.3, -0.25) is 4.79 Å². The van der Waals surface area contributed by atoms with Crippen LogP contribution in [0.2, 0.25) is 0 Å². The van der Waals surface area contributed by atoms with Crippen molar-refractivity contribution in [3.63, 3.8) is 0 Å². The number of hydrogen-bond acceptors (Lipinski definition) is 4. The SMILES string of the molecule is CCCNS(=O)(=O)c1cc(C(=O)NC(C)C)ccc1OC. The molecule has 0 aromatic heterocycles. The lowest BCUT2D eigenvalue weighted by molar-refractivity contribution is 0.0943. The number of sulfonamides is 1. The van der Waals surface area contributed by atoms with Gasteiger partial charge < -0.3 is 10.1 Å². The molecule has 0 spiro atoms. The Kier molecular flexibility index (Phi) is 6.17. The highest BCUT2D eigenvalue weighted by molar-refractivity contribution is 7.89. The number of methoxy groups -OCH3 is 1. The minimum absolute atomic E-state index is 0.0297. The van der Waals surface area contributed by atoms with Crippen molar-refractivity contribution in [1.29, 1.82) is 0 Å². The van der Waals surface area contributed by atoms with Gasteiger partial charge in [0.25, 0.3) is 5.91 Å². The van der Waals surface area contributed by atoms with Crippen LogP contribution < -0.4 is 14.8 Å². The number of nitrogens with one attached hydrogen (secondary N) is 2. The number of ether oxygens (including phenoxy) is 1. The van der Waals surface area contributed by atoms with Gasteiger partial charge >= 0.3 is 0 Å². The maximum atomic E-state index is 12.2. The molecule has 0 fully saturated rings. The molecule has 0 atom stereocenters. The van der Waals surface area contributed by atoms with E-state index in [4.69, 9.17) is 4.74 Å². The maximum Gasteiger partial charge on any atom is 0.251 e. The average molecular weight is 314 g/mol. The molecule has 1 aromatic rings. The summed E-state index contributed by atoms with van der Waals surface area (Å²) >= 11 is 0. The first kappa shape index (κ1) is 17.5. The Morgan fingerprint density at radius 2 is 2.00 bits per heavy atom. The Hall–Kier alpha value is -1.60. The van der Waals surface area contributed by atoms with E-state index in [2.05, 4.69) is 10.0 Å². The van der Waals surface area contributed by atoms with Gasteiger partial charge in [0.15, 0.2) is 0 Å². The molecule has 0 aliphatic rings. The third-order valence-electron chi connectivity index (χ3n) is 2.68. The van der Waals surface area contributed by atoms with Crippen LogP contribution in [0.4, 0.5) is 0 Å². The molecule has 0 heterocycles. The molecule has 1 rings (SSSR count). The fourth-order valence-corrected chi connectivity index (χ4v) is 3.01. The van der Waals surface area contributed by atoms with E-state index in [0.717, 1.165) is 0 Å². The molecule has 0 saturated heterocycles. The third-order valence-corrected chi connectivity index (χ3v) is 4.16. The zero-order chi connectivity index (χ0) is 16.0. The zero-order valence-corrected chi connectivity index (χ0v) is 13.6. The summed E-state index contributed by atoms with van der Waals surface area (Å²) in [5.74, 6) is -0.112. The van der Waals surface area contributed by atoms with Crippen molar-refractivity contribution in [2.24, 2.45) is 0 Å². The van der Waals surface area contributed by atoms with Gasteiger partial charge in [-0.05, 0) is 38.5 Å². The van der Waals surface area contributed by atoms with Crippen LogP contribution in [0.15, 0.2) is 23.1 Å². The summed E-state index contributed by atoms with van der Waals surface area (Å²) in [4.78, 5) is 11.9. The molecule has 21 heavy (non-hydrogen) atoms. The number of benzene rings is 1. The first-order valence-corrected chi connectivity index (χ1v) is 8.28. The van der Waals surface area contributed by atoms with E-state index in [0.29, 0.717) is 13.0 Å². The Morgan fingerprint density at radius 1 is 1.33 bits per heavy atom. The molecule has 2 N–H and O–H groups in total. The van der Waals surface area contributed by atoms with Crippen LogP contribution in [0.25, 0.3) is 0 Å². The van der Waals surface area contributed by atoms with E-state index in [9.17, 15) is 13.2 Å². The van der Waals surface area contributed by atoms with Gasteiger partial charge in [-0.25, -0.2) is 13.1 Å². The van der Waals surface area contributed by atoms with Gasteiger partial charge in [0.2, 0.25) is 10.0 Å². The lowest BCUT2D eigenvalue weighted by Crippen LogP contribution is -2.30. The second-order valence-electron chi connectivity index (χ2n) is 4.89. The fourth-order valence-electron chi connectivity index (χ4n) is 1.69. The molecule has 1 aromatic carbocycles. The minimum Gasteiger partial charge on any atom is -0.495 e. The minimum atomic E-state index is -3.70. The quantitative estimate of drug-likeness (QED) is 0.799. The summed E-state index contributed by atoms with van der Waals surface area (Å²) in [6, 6.07) is 4.32. The maximum absolute atomic E-state index is 12.2. The largest absolute Gasteiger partial charge is 0.495 e. The molecule has 0 unspecified atom stereocenters. The molecule has 7 heteroatoms. The highest BCUT2D eigenvalue weighted by Gasteiger charge is 2.21. The van der Waals surface area contributed by atoms with Crippen molar-refractivity contribution < 1.29 is 17.9 Å². The predicted molar refractivity (Wildman–Crippen MR) is 81.1 cm³/mol. The second-order valence-corrected chi connectivity index (χ2v) is 6.63. The molecule has 6 nitrogen and oxygen atoms in total. The molecular weight excluding hydrogens is 292 g/mol. The monoisotopic (exact) mass is 314 g/mol. The van der Waals surface area contributed by atoms with Crippen LogP contribution in [0.5, 0.6) is 5.75 Å². The smallest absolute Gasteiger partial charge is 0.251 e. The van der Waals surface area contributed by atoms with Gasteiger partial charge in [-0.1, -0.05) is 6.92 Å². The van der Waals surface area contributed by atoms with E-state index >= 15 is 0 Å². The zero-order valence-electron chi connectivity index (χ0n) is 12.8. The highest BCUT2D eigenvalue weighted by atomic mass is 32.2. The topological polar surface area (TPSA) is 84.5 Å². The summed E-state index contributed by atoms with van der Waals surface area (Å²) in [6.45, 7) is 5.87. The Bertz CT molecular complexity index is 597. The van der Waals surface area contributed by atoms with E-state index in [1.54, 1.807) is 0 Å². The van der Waals surface area contributed by atoms with Gasteiger partial charge in [0.1, 0.15) is 10.6 Å². The Balaban J connectivity index is 3.20. The molecular formula is C14H22N2O4S. The number of rotatable bonds is 7. The molecule has 0 aliphatic heterocycles. The van der Waals surface area contributed by atoms with Gasteiger partial charge in [0, 0.05) is 18.2 Å². The van der Waals surface area contributed by atoms with E-state index < -0.39 is 10.0 Å². The number of hydrogen-bond donors (Lipinski definition) is 2. The summed E-state index contributed by atoms with van der Waals surface area (Å²) in [5, 5.41) is 2.72. The molecule has 1 amide bonds. The highest BCUT2D eigenvalue weighted by Crippen LogP contribution is 2.24. The van der Waals surface area contributed by atoms with Crippen LogP contribution in [0.3, 0.4) is 0 Å². The van der Waals surface area contributed by atoms with Crippen LogP contribution in [0, 0.1) is 0 Å². The van der Waals surface area contributed by atoms with Crippen molar-refractivity contribution in [1.82, 2.24) is 10.0 Å². The lowest BCUT2D eigenvalue weighted by atomic mass is 10.2. The molecule has 0 saturated carbocycles. The normalized spacial score (nSPS) is 11.5. The van der Waals surface area contributed by atoms with Crippen LogP contribution in [-0.2, 0) is 10.0 Å². The number of amides is 1. The summed E-state index contributed by atoms with van der Waals surface area (Å²) < 4.78 is 32.0. The molecule has 0 radical (unpaired) electrons. The molecule has 0 aliphatic carbocycles. The first-order valence-electron chi connectivity index (χ1n) is 6.80. The average Bonchev–Trinajstić information content (AvgIpc) is 2.43. The first-order chi connectivity index (χ1) is 9.81. The standard InChI is InChI=1S/C14H22N2O4S/c1-5-8-15-21(18,19)13-9-11(6-7-12(13)20-4)14(17)16-10(2)3/h6-7,9-10,15H,5,8H2,1-4H3,(H,16,17). The van der Waals surface area contributed by atoms with Crippen LogP contribution in [0.1, 0.15) is 37.6 Å². The Labute approximate surface area is 125 Å². The fraction of sp³-hybridized carbons (Fsp3) is 0.500. The van der Waals surface area contributed by atoms with Crippen LogP contribution in [-0.4, -0.2) is 34.0 Å². The van der Waals surface area contributed by atoms with Crippen molar-refractivity contribution in [3.8, 4) is 5.75 Å².